The summed E-state index contributed by atoms with van der Waals surface area (Å²) >= 11 is 5.82. The van der Waals surface area contributed by atoms with Crippen LogP contribution < -0.4 is 5.73 Å². The maximum Gasteiger partial charge on any atom is 0.320 e. The Morgan fingerprint density at radius 2 is 2.35 bits per heavy atom. The van der Waals surface area contributed by atoms with Gasteiger partial charge in [0.25, 0.3) is 0 Å². The second kappa shape index (κ2) is 7.02. The van der Waals surface area contributed by atoms with Crippen molar-refractivity contribution in [2.45, 2.75) is 31.8 Å². The van der Waals surface area contributed by atoms with Crippen molar-refractivity contribution >= 4 is 17.6 Å². The van der Waals surface area contributed by atoms with Crippen molar-refractivity contribution in [2.75, 3.05) is 19.7 Å². The SMILES string of the molecule is CCOC(=O)CN1C(CN)CCC1c1ccc(Cl)nc1. The van der Waals surface area contributed by atoms with Gasteiger partial charge in [-0.3, -0.25) is 9.69 Å². The first kappa shape index (κ1) is 15.2. The number of pyridine rings is 1. The summed E-state index contributed by atoms with van der Waals surface area (Å²) in [6.07, 6.45) is 3.71. The molecule has 2 N–H and O–H groups in total. The fraction of sp³-hybridized carbons (Fsp3) is 0.571. The topological polar surface area (TPSA) is 68.5 Å². The van der Waals surface area contributed by atoms with Gasteiger partial charge in [-0.05, 0) is 31.4 Å². The summed E-state index contributed by atoms with van der Waals surface area (Å²) in [4.78, 5) is 18.0. The number of carbonyl (C=O) groups excluding carboxylic acids is 1. The van der Waals surface area contributed by atoms with Gasteiger partial charge >= 0.3 is 5.97 Å². The van der Waals surface area contributed by atoms with Crippen LogP contribution in [-0.2, 0) is 9.53 Å². The largest absolute Gasteiger partial charge is 0.465 e. The lowest BCUT2D eigenvalue weighted by Gasteiger charge is -2.28. The van der Waals surface area contributed by atoms with Gasteiger partial charge in [0.05, 0.1) is 13.2 Å². The molecule has 1 aliphatic heterocycles. The van der Waals surface area contributed by atoms with Crippen molar-refractivity contribution in [2.24, 2.45) is 5.73 Å². The molecule has 5 nitrogen and oxygen atoms in total. The Kier molecular flexibility index (Phi) is 5.34. The fourth-order valence-electron chi connectivity index (χ4n) is 2.73. The average molecular weight is 298 g/mol. The van der Waals surface area contributed by atoms with Gasteiger partial charge in [-0.15, -0.1) is 0 Å². The minimum absolute atomic E-state index is 0.151. The number of hydrogen-bond acceptors (Lipinski definition) is 5. The number of esters is 1. The van der Waals surface area contributed by atoms with Crippen molar-refractivity contribution in [3.8, 4) is 0 Å². The maximum absolute atomic E-state index is 11.8. The Balaban J connectivity index is 2.13. The third-order valence-corrected chi connectivity index (χ3v) is 3.89. The van der Waals surface area contributed by atoms with Crippen molar-refractivity contribution in [3.05, 3.63) is 29.0 Å². The third-order valence-electron chi connectivity index (χ3n) is 3.67. The lowest BCUT2D eigenvalue weighted by Crippen LogP contribution is -2.40. The van der Waals surface area contributed by atoms with Gasteiger partial charge in [0, 0.05) is 24.8 Å². The zero-order chi connectivity index (χ0) is 14.5. The van der Waals surface area contributed by atoms with Crippen LogP contribution in [0.2, 0.25) is 5.15 Å². The Morgan fingerprint density at radius 1 is 1.55 bits per heavy atom. The number of hydrogen-bond donors (Lipinski definition) is 1. The highest BCUT2D eigenvalue weighted by Gasteiger charge is 2.35. The van der Waals surface area contributed by atoms with Crippen molar-refractivity contribution < 1.29 is 9.53 Å². The summed E-state index contributed by atoms with van der Waals surface area (Å²) in [7, 11) is 0. The molecule has 1 saturated heterocycles. The van der Waals surface area contributed by atoms with Crippen molar-refractivity contribution in [1.82, 2.24) is 9.88 Å². The van der Waals surface area contributed by atoms with E-state index in [2.05, 4.69) is 9.88 Å². The van der Waals surface area contributed by atoms with E-state index in [0.717, 1.165) is 18.4 Å². The minimum Gasteiger partial charge on any atom is -0.465 e. The second-order valence-corrected chi connectivity index (χ2v) is 5.26. The number of carbonyl (C=O) groups is 1. The highest BCUT2D eigenvalue weighted by atomic mass is 35.5. The molecule has 1 aromatic heterocycles. The summed E-state index contributed by atoms with van der Waals surface area (Å²) in [5.74, 6) is -0.209. The molecule has 1 aromatic rings. The molecule has 2 rings (SSSR count). The molecule has 1 fully saturated rings. The lowest BCUT2D eigenvalue weighted by atomic mass is 10.1. The fourth-order valence-corrected chi connectivity index (χ4v) is 2.84. The number of aromatic nitrogens is 1. The Morgan fingerprint density at radius 3 is 2.95 bits per heavy atom. The second-order valence-electron chi connectivity index (χ2n) is 4.87. The molecule has 0 bridgehead atoms. The van der Waals surface area contributed by atoms with Crippen LogP contribution in [0.3, 0.4) is 0 Å². The quantitative estimate of drug-likeness (QED) is 0.662. The first-order chi connectivity index (χ1) is 9.65. The molecule has 0 spiro atoms. The molecule has 0 aliphatic carbocycles. The molecule has 2 unspecified atom stereocenters. The van der Waals surface area contributed by atoms with Crippen molar-refractivity contribution in [3.63, 3.8) is 0 Å². The highest BCUT2D eigenvalue weighted by Crippen LogP contribution is 2.35. The predicted octanol–water partition coefficient (Wildman–Crippen LogP) is 1.76. The van der Waals surface area contributed by atoms with Crippen LogP contribution in [0.4, 0.5) is 0 Å². The van der Waals surface area contributed by atoms with Crippen LogP contribution >= 0.6 is 11.6 Å². The van der Waals surface area contributed by atoms with Crippen LogP contribution in [0, 0.1) is 0 Å². The summed E-state index contributed by atoms with van der Waals surface area (Å²) in [6, 6.07) is 4.09. The molecular formula is C14H20ClN3O2. The summed E-state index contributed by atoms with van der Waals surface area (Å²) in [5, 5.41) is 0.471. The van der Waals surface area contributed by atoms with E-state index in [4.69, 9.17) is 22.1 Å². The van der Waals surface area contributed by atoms with Gasteiger partial charge in [0.2, 0.25) is 0 Å². The van der Waals surface area contributed by atoms with Gasteiger partial charge in [-0.1, -0.05) is 17.7 Å². The molecule has 0 amide bonds. The van der Waals surface area contributed by atoms with E-state index in [-0.39, 0.29) is 24.6 Å². The number of nitrogens with two attached hydrogens (primary N) is 1. The van der Waals surface area contributed by atoms with Gasteiger partial charge in [0.15, 0.2) is 0 Å². The molecular weight excluding hydrogens is 278 g/mol. The number of halogens is 1. The summed E-state index contributed by atoms with van der Waals surface area (Å²) < 4.78 is 5.04. The van der Waals surface area contributed by atoms with Gasteiger partial charge in [0.1, 0.15) is 5.15 Å². The monoisotopic (exact) mass is 297 g/mol. The summed E-state index contributed by atoms with van der Waals surface area (Å²) in [6.45, 7) is 3.01. The van der Waals surface area contributed by atoms with Crippen LogP contribution in [0.25, 0.3) is 0 Å². The maximum atomic E-state index is 11.8. The number of nitrogens with zero attached hydrogens (tertiary/aromatic N) is 2. The number of rotatable bonds is 5. The van der Waals surface area contributed by atoms with Gasteiger partial charge in [-0.2, -0.15) is 0 Å². The van der Waals surface area contributed by atoms with E-state index in [9.17, 15) is 4.79 Å². The number of ether oxygens (including phenoxy) is 1. The number of likely N-dealkylation sites (tertiary alicyclic amines) is 1. The Hall–Kier alpha value is -1.17. The Bertz CT molecular complexity index is 452. The first-order valence-electron chi connectivity index (χ1n) is 6.88. The molecule has 0 saturated carbocycles. The van der Waals surface area contributed by atoms with Crippen LogP contribution in [-0.4, -0.2) is 41.6 Å². The molecule has 0 aromatic carbocycles. The van der Waals surface area contributed by atoms with Crippen LogP contribution in [0.15, 0.2) is 18.3 Å². The predicted molar refractivity (Wildman–Crippen MR) is 77.4 cm³/mol. The van der Waals surface area contributed by atoms with Crippen LogP contribution in [0.5, 0.6) is 0 Å². The molecule has 110 valence electrons. The van der Waals surface area contributed by atoms with Gasteiger partial charge in [-0.25, -0.2) is 4.98 Å². The minimum atomic E-state index is -0.209. The summed E-state index contributed by atoms with van der Waals surface area (Å²) in [5.41, 5.74) is 6.87. The highest BCUT2D eigenvalue weighted by molar-refractivity contribution is 6.29. The van der Waals surface area contributed by atoms with Crippen LogP contribution in [0.1, 0.15) is 31.4 Å². The van der Waals surface area contributed by atoms with E-state index >= 15 is 0 Å². The van der Waals surface area contributed by atoms with Crippen molar-refractivity contribution in [1.29, 1.82) is 0 Å². The van der Waals surface area contributed by atoms with E-state index in [1.54, 1.807) is 12.3 Å². The smallest absolute Gasteiger partial charge is 0.320 e. The van der Waals surface area contributed by atoms with E-state index in [0.29, 0.717) is 18.3 Å². The van der Waals surface area contributed by atoms with E-state index in [1.165, 1.54) is 0 Å². The lowest BCUT2D eigenvalue weighted by molar-refractivity contribution is -0.145. The molecule has 6 heteroatoms. The van der Waals surface area contributed by atoms with E-state index < -0.39 is 0 Å². The standard InChI is InChI=1S/C14H20ClN3O2/c1-2-20-14(19)9-18-11(7-16)4-5-12(18)10-3-6-13(15)17-8-10/h3,6,8,11-12H,2,4-5,7,9,16H2,1H3. The molecule has 0 radical (unpaired) electrons. The molecule has 20 heavy (non-hydrogen) atoms. The van der Waals surface area contributed by atoms with Gasteiger partial charge < -0.3 is 10.5 Å². The average Bonchev–Trinajstić information content (AvgIpc) is 2.82. The first-order valence-corrected chi connectivity index (χ1v) is 7.26. The molecule has 1 aliphatic rings. The normalized spacial score (nSPS) is 22.9. The Labute approximate surface area is 124 Å². The molecule has 2 heterocycles. The zero-order valence-electron chi connectivity index (χ0n) is 11.6. The van der Waals surface area contributed by atoms with E-state index in [1.807, 2.05) is 13.0 Å². The molecule has 2 atom stereocenters. The third kappa shape index (κ3) is 3.48. The zero-order valence-corrected chi connectivity index (χ0v) is 12.3.